The number of thioether (sulfide) groups is 1. The van der Waals surface area contributed by atoms with E-state index in [4.69, 9.17) is 4.74 Å². The number of hydrogen-bond donors (Lipinski definition) is 2. The predicted molar refractivity (Wildman–Crippen MR) is 149 cm³/mol. The summed E-state index contributed by atoms with van der Waals surface area (Å²) in [6.45, 7) is 4.21. The SMILES string of the molecule is CC/C=C(\SC)c1ccc(C(=O)OC)c(N2CCC(CNC(=O)C3(NC(=O)c4cncnc4)CC3)CC2)c1. The fourth-order valence-corrected chi connectivity index (χ4v) is 5.45. The number of aromatic nitrogens is 2. The number of nitrogens with one attached hydrogen (secondary N) is 2. The Morgan fingerprint density at radius 3 is 2.47 bits per heavy atom. The van der Waals surface area contributed by atoms with Gasteiger partial charge < -0.3 is 20.3 Å². The summed E-state index contributed by atoms with van der Waals surface area (Å²) < 4.78 is 5.05. The first-order chi connectivity index (χ1) is 18.4. The number of hydrogen-bond acceptors (Lipinski definition) is 8. The van der Waals surface area contributed by atoms with Gasteiger partial charge in [0.15, 0.2) is 0 Å². The molecule has 1 saturated heterocycles. The zero-order valence-corrected chi connectivity index (χ0v) is 23.0. The monoisotopic (exact) mass is 537 g/mol. The minimum atomic E-state index is -0.843. The Morgan fingerprint density at radius 2 is 1.87 bits per heavy atom. The highest BCUT2D eigenvalue weighted by molar-refractivity contribution is 8.07. The average Bonchev–Trinajstić information content (AvgIpc) is 3.75. The predicted octanol–water partition coefficient (Wildman–Crippen LogP) is 3.67. The fraction of sp³-hybridized carbons (Fsp3) is 0.464. The van der Waals surface area contributed by atoms with Crippen LogP contribution in [-0.2, 0) is 9.53 Å². The molecule has 0 spiro atoms. The molecule has 4 rings (SSSR count). The zero-order chi connectivity index (χ0) is 27.1. The molecule has 0 atom stereocenters. The summed E-state index contributed by atoms with van der Waals surface area (Å²) in [4.78, 5) is 49.1. The molecule has 38 heavy (non-hydrogen) atoms. The van der Waals surface area contributed by atoms with Crippen molar-refractivity contribution in [1.82, 2.24) is 20.6 Å². The molecule has 1 saturated carbocycles. The van der Waals surface area contributed by atoms with Crippen LogP contribution in [0.15, 0.2) is 43.0 Å². The molecule has 10 heteroatoms. The van der Waals surface area contributed by atoms with Gasteiger partial charge in [0.2, 0.25) is 5.91 Å². The van der Waals surface area contributed by atoms with Gasteiger partial charge in [0, 0.05) is 36.9 Å². The van der Waals surface area contributed by atoms with E-state index in [0.717, 1.165) is 43.6 Å². The normalized spacial score (nSPS) is 17.0. The van der Waals surface area contributed by atoms with Crippen LogP contribution in [0.2, 0.25) is 0 Å². The van der Waals surface area contributed by atoms with Crippen molar-refractivity contribution in [2.24, 2.45) is 5.92 Å². The third-order valence-electron chi connectivity index (χ3n) is 7.16. The molecule has 2 amide bonds. The zero-order valence-electron chi connectivity index (χ0n) is 22.2. The second-order valence-corrected chi connectivity index (χ2v) is 10.6. The number of allylic oxidation sites excluding steroid dienone is 1. The van der Waals surface area contributed by atoms with Crippen molar-refractivity contribution in [3.8, 4) is 0 Å². The van der Waals surface area contributed by atoms with Crippen LogP contribution in [0.4, 0.5) is 5.69 Å². The Bertz CT molecular complexity index is 1190. The second-order valence-electron chi connectivity index (χ2n) is 9.71. The second kappa shape index (κ2) is 12.4. The van der Waals surface area contributed by atoms with Gasteiger partial charge in [-0.05, 0) is 62.0 Å². The maximum absolute atomic E-state index is 12.9. The van der Waals surface area contributed by atoms with Gasteiger partial charge in [-0.15, -0.1) is 11.8 Å². The summed E-state index contributed by atoms with van der Waals surface area (Å²) in [5.41, 5.74) is 2.04. The van der Waals surface area contributed by atoms with Crippen LogP contribution in [-0.4, -0.2) is 66.3 Å². The van der Waals surface area contributed by atoms with E-state index >= 15 is 0 Å². The first-order valence-electron chi connectivity index (χ1n) is 13.0. The van der Waals surface area contributed by atoms with Crippen LogP contribution >= 0.6 is 11.8 Å². The van der Waals surface area contributed by atoms with Crippen LogP contribution in [0.25, 0.3) is 4.91 Å². The van der Waals surface area contributed by atoms with E-state index in [0.29, 0.717) is 36.4 Å². The van der Waals surface area contributed by atoms with Crippen LogP contribution in [0.1, 0.15) is 65.3 Å². The maximum atomic E-state index is 12.9. The van der Waals surface area contributed by atoms with Crippen molar-refractivity contribution in [2.45, 2.75) is 44.6 Å². The van der Waals surface area contributed by atoms with Crippen LogP contribution < -0.4 is 15.5 Å². The highest BCUT2D eigenvalue weighted by Gasteiger charge is 2.51. The summed E-state index contributed by atoms with van der Waals surface area (Å²) in [6.07, 6.45) is 12.4. The molecule has 202 valence electrons. The van der Waals surface area contributed by atoms with E-state index in [9.17, 15) is 14.4 Å². The smallest absolute Gasteiger partial charge is 0.339 e. The van der Waals surface area contributed by atoms with E-state index < -0.39 is 5.54 Å². The molecular weight excluding hydrogens is 502 g/mol. The summed E-state index contributed by atoms with van der Waals surface area (Å²) in [6, 6.07) is 5.92. The first kappa shape index (κ1) is 27.6. The Hall–Kier alpha value is -3.40. The third kappa shape index (κ3) is 6.35. The molecule has 2 aromatic rings. The Kier molecular flexibility index (Phi) is 9.04. The standard InChI is InChI=1S/C28H35N5O4S/c1-4-5-24(38-3)20-6-7-22(26(35)37-2)23(14-20)33-12-8-19(9-13-33)15-31-27(36)28(10-11-28)32-25(34)21-16-29-18-30-17-21/h5-7,14,16-19H,4,8-13,15H2,1-3H3,(H,31,36)(H,32,34)/b24-5-. The Balaban J connectivity index is 1.35. The average molecular weight is 538 g/mol. The van der Waals surface area contributed by atoms with Gasteiger partial charge in [0.1, 0.15) is 11.9 Å². The lowest BCUT2D eigenvalue weighted by molar-refractivity contribution is -0.124. The third-order valence-corrected chi connectivity index (χ3v) is 8.01. The molecule has 1 aromatic heterocycles. The minimum Gasteiger partial charge on any atom is -0.465 e. The fourth-order valence-electron chi connectivity index (χ4n) is 4.76. The highest BCUT2D eigenvalue weighted by Crippen LogP contribution is 2.36. The molecule has 1 aromatic carbocycles. The Morgan fingerprint density at radius 1 is 1.16 bits per heavy atom. The lowest BCUT2D eigenvalue weighted by Crippen LogP contribution is -2.50. The number of nitrogens with zero attached hydrogens (tertiary/aromatic N) is 3. The van der Waals surface area contributed by atoms with Crippen LogP contribution in [0.3, 0.4) is 0 Å². The van der Waals surface area contributed by atoms with Gasteiger partial charge in [-0.25, -0.2) is 14.8 Å². The topological polar surface area (TPSA) is 114 Å². The molecule has 0 unspecified atom stereocenters. The van der Waals surface area contributed by atoms with Crippen molar-refractivity contribution in [3.05, 3.63) is 59.7 Å². The Labute approximate surface area is 227 Å². The quantitative estimate of drug-likeness (QED) is 0.442. The van der Waals surface area contributed by atoms with E-state index in [1.807, 2.05) is 12.1 Å². The summed E-state index contributed by atoms with van der Waals surface area (Å²) >= 11 is 1.70. The summed E-state index contributed by atoms with van der Waals surface area (Å²) in [5, 5.41) is 5.92. The van der Waals surface area contributed by atoms with Gasteiger partial charge in [-0.1, -0.05) is 19.1 Å². The number of anilines is 1. The lowest BCUT2D eigenvalue weighted by atomic mass is 9.95. The van der Waals surface area contributed by atoms with E-state index in [2.05, 4.69) is 50.8 Å². The van der Waals surface area contributed by atoms with Gasteiger partial charge in [-0.2, -0.15) is 0 Å². The van der Waals surface area contributed by atoms with Crippen LogP contribution in [0.5, 0.6) is 0 Å². The molecule has 2 heterocycles. The molecule has 9 nitrogen and oxygen atoms in total. The molecule has 0 radical (unpaired) electrons. The maximum Gasteiger partial charge on any atom is 0.339 e. The molecule has 0 bridgehead atoms. The number of amides is 2. The summed E-state index contributed by atoms with van der Waals surface area (Å²) in [5.74, 6) is -0.507. The van der Waals surface area contributed by atoms with E-state index in [-0.39, 0.29) is 17.8 Å². The molecular formula is C28H35N5O4S. The van der Waals surface area contributed by atoms with Gasteiger partial charge >= 0.3 is 5.97 Å². The van der Waals surface area contributed by atoms with E-state index in [1.165, 1.54) is 30.7 Å². The molecule has 2 aliphatic rings. The number of carbonyl (C=O) groups excluding carboxylic acids is 3. The number of piperidine rings is 1. The number of carbonyl (C=O) groups is 3. The lowest BCUT2D eigenvalue weighted by Gasteiger charge is -2.35. The molecule has 2 fully saturated rings. The molecule has 2 N–H and O–H groups in total. The molecule has 1 aliphatic heterocycles. The first-order valence-corrected chi connectivity index (χ1v) is 14.2. The van der Waals surface area contributed by atoms with Gasteiger partial charge in [0.05, 0.1) is 23.9 Å². The number of rotatable bonds is 10. The number of benzene rings is 1. The minimum absolute atomic E-state index is 0.141. The van der Waals surface area contributed by atoms with Crippen LogP contribution in [0, 0.1) is 5.92 Å². The van der Waals surface area contributed by atoms with Crippen molar-refractivity contribution in [3.63, 3.8) is 0 Å². The van der Waals surface area contributed by atoms with Crippen molar-refractivity contribution in [1.29, 1.82) is 0 Å². The van der Waals surface area contributed by atoms with Crippen molar-refractivity contribution < 1.29 is 19.1 Å². The number of esters is 1. The van der Waals surface area contributed by atoms with Gasteiger partial charge in [0.25, 0.3) is 5.91 Å². The van der Waals surface area contributed by atoms with E-state index in [1.54, 1.807) is 11.8 Å². The number of ether oxygens (including phenoxy) is 1. The van der Waals surface area contributed by atoms with Crippen molar-refractivity contribution in [2.75, 3.05) is 37.9 Å². The largest absolute Gasteiger partial charge is 0.465 e. The van der Waals surface area contributed by atoms with Crippen molar-refractivity contribution >= 4 is 40.1 Å². The van der Waals surface area contributed by atoms with Gasteiger partial charge in [-0.3, -0.25) is 9.59 Å². The highest BCUT2D eigenvalue weighted by atomic mass is 32.2. The summed E-state index contributed by atoms with van der Waals surface area (Å²) in [7, 11) is 1.40. The number of methoxy groups -OCH3 is 1. The molecule has 1 aliphatic carbocycles.